The Morgan fingerprint density at radius 1 is 1.00 bits per heavy atom. The molecule has 2 aromatic rings. The van der Waals surface area contributed by atoms with Gasteiger partial charge in [-0.05, 0) is 41.8 Å². The van der Waals surface area contributed by atoms with E-state index in [1.54, 1.807) is 14.2 Å². The zero-order chi connectivity index (χ0) is 18.1. The zero-order valence-electron chi connectivity index (χ0n) is 16.0. The molecule has 2 aliphatic heterocycles. The van der Waals surface area contributed by atoms with Crippen LogP contribution in [-0.2, 0) is 16.7 Å². The molecule has 26 heavy (non-hydrogen) atoms. The summed E-state index contributed by atoms with van der Waals surface area (Å²) >= 11 is 0. The summed E-state index contributed by atoms with van der Waals surface area (Å²) in [6, 6.07) is 15.4. The first kappa shape index (κ1) is 17.4. The van der Waals surface area contributed by atoms with E-state index in [1.807, 2.05) is 12.1 Å². The van der Waals surface area contributed by atoms with Gasteiger partial charge in [0.05, 0.1) is 13.7 Å². The quantitative estimate of drug-likeness (QED) is 0.797. The van der Waals surface area contributed by atoms with Gasteiger partial charge in [-0.25, -0.2) is 0 Å². The Labute approximate surface area is 156 Å². The maximum absolute atomic E-state index is 5.29. The van der Waals surface area contributed by atoms with Gasteiger partial charge in [-0.1, -0.05) is 24.3 Å². The summed E-state index contributed by atoms with van der Waals surface area (Å²) in [6.45, 7) is 8.32. The van der Waals surface area contributed by atoms with Crippen LogP contribution >= 0.6 is 0 Å². The van der Waals surface area contributed by atoms with Crippen LogP contribution in [0.25, 0.3) is 0 Å². The summed E-state index contributed by atoms with van der Waals surface area (Å²) in [5, 5.41) is 0. The number of rotatable bonds is 6. The lowest BCUT2D eigenvalue weighted by molar-refractivity contribution is 0.0470. The third kappa shape index (κ3) is 3.08. The third-order valence-corrected chi connectivity index (χ3v) is 5.76. The molecule has 1 fully saturated rings. The second-order valence-electron chi connectivity index (χ2n) is 7.71. The topological polar surface area (TPSA) is 24.9 Å². The molecule has 2 aliphatic rings. The Kier molecular flexibility index (Phi) is 4.63. The molecule has 1 spiro atoms. The van der Waals surface area contributed by atoms with Crippen molar-refractivity contribution in [2.24, 2.45) is 0 Å². The first-order valence-electron chi connectivity index (χ1n) is 9.34. The van der Waals surface area contributed by atoms with Gasteiger partial charge in [-0.15, -0.1) is 0 Å². The molecule has 4 rings (SSSR count). The van der Waals surface area contributed by atoms with Gasteiger partial charge in [0.2, 0.25) is 0 Å². The van der Waals surface area contributed by atoms with Gasteiger partial charge >= 0.3 is 0 Å². The van der Waals surface area contributed by atoms with Crippen LogP contribution in [-0.4, -0.2) is 51.9 Å². The highest BCUT2D eigenvalue weighted by Crippen LogP contribution is 2.47. The first-order chi connectivity index (χ1) is 12.6. The Hall–Kier alpha value is -2.04. The molecular weight excluding hydrogens is 324 g/mol. The van der Waals surface area contributed by atoms with Crippen molar-refractivity contribution in [3.05, 3.63) is 59.2 Å². The average Bonchev–Trinajstić information content (AvgIpc) is 2.93. The molecule has 0 bridgehead atoms. The normalized spacial score (nSPS) is 18.0. The lowest BCUT2D eigenvalue weighted by Crippen LogP contribution is -2.61. The number of anilines is 1. The second kappa shape index (κ2) is 6.93. The Morgan fingerprint density at radius 2 is 1.77 bits per heavy atom. The van der Waals surface area contributed by atoms with Gasteiger partial charge in [-0.3, -0.25) is 4.90 Å². The highest BCUT2D eigenvalue weighted by atomic mass is 16.5. The predicted octanol–water partition coefficient (Wildman–Crippen LogP) is 3.22. The molecule has 0 N–H and O–H groups in total. The van der Waals surface area contributed by atoms with Gasteiger partial charge in [0.1, 0.15) is 5.75 Å². The van der Waals surface area contributed by atoms with E-state index in [0.717, 1.165) is 45.1 Å². The minimum Gasteiger partial charge on any atom is -0.497 e. The third-order valence-electron chi connectivity index (χ3n) is 5.76. The maximum Gasteiger partial charge on any atom is 0.118 e. The van der Waals surface area contributed by atoms with Gasteiger partial charge < -0.3 is 14.4 Å². The van der Waals surface area contributed by atoms with Crippen LogP contribution in [0, 0.1) is 6.92 Å². The van der Waals surface area contributed by atoms with E-state index in [1.165, 1.54) is 22.4 Å². The fraction of sp³-hybridized carbons (Fsp3) is 0.455. The first-order valence-corrected chi connectivity index (χ1v) is 9.34. The number of hydrogen-bond donors (Lipinski definition) is 0. The van der Waals surface area contributed by atoms with Crippen LogP contribution in [0.1, 0.15) is 16.7 Å². The molecule has 2 aromatic carbocycles. The van der Waals surface area contributed by atoms with Gasteiger partial charge in [-0.2, -0.15) is 0 Å². The summed E-state index contributed by atoms with van der Waals surface area (Å²) in [6.07, 6.45) is 0. The lowest BCUT2D eigenvalue weighted by atomic mass is 9.75. The number of methoxy groups -OCH3 is 2. The van der Waals surface area contributed by atoms with E-state index >= 15 is 0 Å². The number of likely N-dealkylation sites (tertiary alicyclic amines) is 1. The highest BCUT2D eigenvalue weighted by Gasteiger charge is 2.50. The molecule has 0 amide bonds. The molecule has 0 atom stereocenters. The van der Waals surface area contributed by atoms with Crippen molar-refractivity contribution in [1.82, 2.24) is 4.90 Å². The molecule has 138 valence electrons. The van der Waals surface area contributed by atoms with Crippen LogP contribution in [0.4, 0.5) is 5.69 Å². The minimum absolute atomic E-state index is 0.281. The summed E-state index contributed by atoms with van der Waals surface area (Å²) in [4.78, 5) is 5.06. The predicted molar refractivity (Wildman–Crippen MR) is 105 cm³/mol. The van der Waals surface area contributed by atoms with Gasteiger partial charge in [0, 0.05) is 50.9 Å². The van der Waals surface area contributed by atoms with E-state index in [2.05, 4.69) is 47.1 Å². The molecule has 4 heteroatoms. The average molecular weight is 352 g/mol. The zero-order valence-corrected chi connectivity index (χ0v) is 16.0. The molecule has 1 saturated heterocycles. The van der Waals surface area contributed by atoms with E-state index < -0.39 is 0 Å². The van der Waals surface area contributed by atoms with E-state index in [9.17, 15) is 0 Å². The van der Waals surface area contributed by atoms with Gasteiger partial charge in [0.15, 0.2) is 0 Å². The molecule has 0 saturated carbocycles. The monoisotopic (exact) mass is 352 g/mol. The minimum atomic E-state index is 0.281. The van der Waals surface area contributed by atoms with E-state index in [0.29, 0.717) is 0 Å². The Morgan fingerprint density at radius 3 is 2.46 bits per heavy atom. The summed E-state index contributed by atoms with van der Waals surface area (Å²) in [5.41, 5.74) is 5.86. The smallest absolute Gasteiger partial charge is 0.118 e. The molecule has 4 nitrogen and oxygen atoms in total. The highest BCUT2D eigenvalue weighted by molar-refractivity contribution is 5.65. The van der Waals surface area contributed by atoms with Crippen molar-refractivity contribution < 1.29 is 9.47 Å². The largest absolute Gasteiger partial charge is 0.497 e. The second-order valence-corrected chi connectivity index (χ2v) is 7.71. The molecule has 0 radical (unpaired) electrons. The van der Waals surface area contributed by atoms with Crippen molar-refractivity contribution in [2.45, 2.75) is 18.9 Å². The van der Waals surface area contributed by atoms with Gasteiger partial charge in [0.25, 0.3) is 0 Å². The SMILES string of the molecule is COCCN1CC2(C1)CN(Cc1ccc(OC)cc1)c1cc(C)ccc12. The molecular formula is C22H28N2O2. The maximum atomic E-state index is 5.29. The van der Waals surface area contributed by atoms with Crippen molar-refractivity contribution in [3.8, 4) is 5.75 Å². The van der Waals surface area contributed by atoms with Crippen LogP contribution in [0.5, 0.6) is 5.75 Å². The van der Waals surface area contributed by atoms with Crippen molar-refractivity contribution in [1.29, 1.82) is 0 Å². The summed E-state index contributed by atoms with van der Waals surface area (Å²) in [7, 11) is 3.49. The fourth-order valence-corrected chi connectivity index (χ4v) is 4.44. The Balaban J connectivity index is 1.54. The molecule has 0 aliphatic carbocycles. The van der Waals surface area contributed by atoms with Crippen LogP contribution in [0.3, 0.4) is 0 Å². The van der Waals surface area contributed by atoms with E-state index in [-0.39, 0.29) is 5.41 Å². The number of nitrogens with zero attached hydrogens (tertiary/aromatic N) is 2. The number of fused-ring (bicyclic) bond motifs is 2. The molecule has 2 heterocycles. The van der Waals surface area contributed by atoms with Crippen molar-refractivity contribution >= 4 is 5.69 Å². The van der Waals surface area contributed by atoms with Crippen molar-refractivity contribution in [3.63, 3.8) is 0 Å². The summed E-state index contributed by atoms with van der Waals surface area (Å²) < 4.78 is 10.5. The van der Waals surface area contributed by atoms with Crippen LogP contribution in [0.15, 0.2) is 42.5 Å². The number of aryl methyl sites for hydroxylation is 1. The molecule has 0 unspecified atom stereocenters. The van der Waals surface area contributed by atoms with Crippen LogP contribution in [0.2, 0.25) is 0 Å². The lowest BCUT2D eigenvalue weighted by Gasteiger charge is -2.48. The number of benzene rings is 2. The number of hydrogen-bond acceptors (Lipinski definition) is 4. The van der Waals surface area contributed by atoms with E-state index in [4.69, 9.17) is 9.47 Å². The Bertz CT molecular complexity index is 766. The van der Waals surface area contributed by atoms with Crippen LogP contribution < -0.4 is 9.64 Å². The summed E-state index contributed by atoms with van der Waals surface area (Å²) in [5.74, 6) is 0.913. The standard InChI is InChI=1S/C22H28N2O2/c1-17-4-9-20-21(12-17)24(13-18-5-7-19(26-3)8-6-18)16-22(20)14-23(15-22)10-11-25-2/h4-9,12H,10-11,13-16H2,1-3H3. The number of ether oxygens (including phenoxy) is 2. The van der Waals surface area contributed by atoms with Crippen molar-refractivity contribution in [2.75, 3.05) is 51.9 Å². The molecule has 0 aromatic heterocycles. The fourth-order valence-electron chi connectivity index (χ4n) is 4.44.